The van der Waals surface area contributed by atoms with E-state index in [0.717, 1.165) is 20.0 Å². The highest BCUT2D eigenvalue weighted by atomic mass is 16.5. The Morgan fingerprint density at radius 3 is 2.31 bits per heavy atom. The van der Waals surface area contributed by atoms with Gasteiger partial charge in [0.2, 0.25) is 11.8 Å². The second-order valence-corrected chi connectivity index (χ2v) is 10.8. The van der Waals surface area contributed by atoms with Crippen LogP contribution in [0.1, 0.15) is 60.3 Å². The first-order chi connectivity index (χ1) is 13.4. The lowest BCUT2D eigenvalue weighted by molar-refractivity contribution is -0.153. The third kappa shape index (κ3) is 4.48. The zero-order valence-corrected chi connectivity index (χ0v) is 18.4. The molecule has 3 fully saturated rings. The molecule has 0 aromatic heterocycles. The number of ether oxygens (including phenoxy) is 1. The Morgan fingerprint density at radius 2 is 1.79 bits per heavy atom. The summed E-state index contributed by atoms with van der Waals surface area (Å²) >= 11 is 0. The molecule has 7 nitrogen and oxygen atoms in total. The van der Waals surface area contributed by atoms with Gasteiger partial charge in [-0.3, -0.25) is 14.4 Å². The minimum atomic E-state index is -0.937. The molecule has 2 aliphatic carbocycles. The number of carbonyl (C=O) groups is 4. The van der Waals surface area contributed by atoms with Crippen molar-refractivity contribution >= 4 is 23.6 Å². The summed E-state index contributed by atoms with van der Waals surface area (Å²) in [5, 5.41) is 2.80. The molecule has 1 saturated heterocycles. The number of Topliss-reactive ketones (excluding diaryl/α,β-unsaturated/α-hetero) is 1. The highest BCUT2D eigenvalue weighted by molar-refractivity contribution is 6.36. The van der Waals surface area contributed by atoms with E-state index in [1.165, 1.54) is 0 Å². The van der Waals surface area contributed by atoms with Crippen molar-refractivity contribution in [2.24, 2.45) is 28.6 Å². The molecule has 1 aliphatic heterocycles. The van der Waals surface area contributed by atoms with Gasteiger partial charge in [-0.1, -0.05) is 47.5 Å². The van der Waals surface area contributed by atoms with Crippen molar-refractivity contribution in [2.75, 3.05) is 13.7 Å². The molecule has 1 N–H and O–H groups in total. The number of carbonyl (C=O) groups excluding carboxylic acids is 4. The number of amides is 2. The summed E-state index contributed by atoms with van der Waals surface area (Å²) < 4.78 is 4.57. The molecule has 3 rings (SSSR count). The van der Waals surface area contributed by atoms with Crippen LogP contribution in [0.5, 0.6) is 0 Å². The van der Waals surface area contributed by atoms with Gasteiger partial charge in [-0.2, -0.15) is 0 Å². The molecule has 29 heavy (non-hydrogen) atoms. The third-order valence-corrected chi connectivity index (χ3v) is 6.76. The van der Waals surface area contributed by atoms with Gasteiger partial charge in [0.05, 0.1) is 13.2 Å². The topological polar surface area (TPSA) is 92.8 Å². The number of rotatable bonds is 7. The molecule has 4 unspecified atom stereocenters. The number of methoxy groups -OCH3 is 1. The molecule has 2 saturated carbocycles. The van der Waals surface area contributed by atoms with E-state index in [1.807, 2.05) is 20.8 Å². The van der Waals surface area contributed by atoms with Crippen molar-refractivity contribution in [3.8, 4) is 0 Å². The highest BCUT2D eigenvalue weighted by Gasteiger charge is 2.69. The Bertz CT molecular complexity index is 719. The maximum Gasteiger partial charge on any atom is 0.376 e. The predicted octanol–water partition coefficient (Wildman–Crippen LogP) is 1.93. The Kier molecular flexibility index (Phi) is 5.56. The van der Waals surface area contributed by atoms with E-state index < -0.39 is 23.8 Å². The van der Waals surface area contributed by atoms with Gasteiger partial charge in [0, 0.05) is 13.0 Å². The van der Waals surface area contributed by atoms with Crippen LogP contribution in [-0.2, 0) is 23.9 Å². The number of fused-ring (bicyclic) bond motifs is 1. The number of hydrogen-bond donors (Lipinski definition) is 1. The fourth-order valence-electron chi connectivity index (χ4n) is 4.82. The minimum absolute atomic E-state index is 0.00112. The normalized spacial score (nSPS) is 28.3. The molecular formula is C22H34N2O5. The smallest absolute Gasteiger partial charge is 0.376 e. The summed E-state index contributed by atoms with van der Waals surface area (Å²) in [6.07, 6.45) is 2.80. The van der Waals surface area contributed by atoms with E-state index in [9.17, 15) is 19.2 Å². The van der Waals surface area contributed by atoms with Gasteiger partial charge in [0.25, 0.3) is 5.78 Å². The number of ketones is 1. The SMILES string of the molecule is COC(=O)C(=O)C(CC1CC1)NC(=O)C1C2C(CN1C(=O)CC(C)(C)C)C2(C)C. The van der Waals surface area contributed by atoms with Crippen molar-refractivity contribution in [1.82, 2.24) is 10.2 Å². The van der Waals surface area contributed by atoms with Gasteiger partial charge in [-0.25, -0.2) is 4.79 Å². The number of hydrogen-bond acceptors (Lipinski definition) is 5. The van der Waals surface area contributed by atoms with E-state index >= 15 is 0 Å². The summed E-state index contributed by atoms with van der Waals surface area (Å²) in [6.45, 7) is 10.8. The Balaban J connectivity index is 1.76. The zero-order chi connectivity index (χ0) is 21.7. The van der Waals surface area contributed by atoms with Crippen LogP contribution in [0, 0.1) is 28.6 Å². The van der Waals surface area contributed by atoms with Crippen molar-refractivity contribution in [3.05, 3.63) is 0 Å². The fraction of sp³-hybridized carbons (Fsp3) is 0.818. The number of piperidine rings is 1. The average molecular weight is 407 g/mol. The summed E-state index contributed by atoms with van der Waals surface area (Å²) in [6, 6.07) is -1.47. The molecule has 7 heteroatoms. The maximum absolute atomic E-state index is 13.3. The molecule has 3 aliphatic rings. The third-order valence-electron chi connectivity index (χ3n) is 6.76. The van der Waals surface area contributed by atoms with Crippen LogP contribution in [0.2, 0.25) is 0 Å². The van der Waals surface area contributed by atoms with Crippen LogP contribution in [-0.4, -0.2) is 54.2 Å². The standard InChI is InChI=1S/C22H34N2O5/c1-21(2,3)10-15(25)24-11-13-16(22(13,4)5)17(24)19(27)23-14(9-12-7-8-12)18(26)20(28)29-6/h12-14,16-17H,7-11H2,1-6H3,(H,23,27). The lowest BCUT2D eigenvalue weighted by atomic mass is 9.90. The van der Waals surface area contributed by atoms with Crippen LogP contribution in [0.25, 0.3) is 0 Å². The second-order valence-electron chi connectivity index (χ2n) is 10.8. The first kappa shape index (κ1) is 21.8. The van der Waals surface area contributed by atoms with Crippen LogP contribution in [0.4, 0.5) is 0 Å². The van der Waals surface area contributed by atoms with E-state index in [0.29, 0.717) is 31.2 Å². The Hall–Kier alpha value is -1.92. The number of nitrogens with one attached hydrogen (secondary N) is 1. The Labute approximate surface area is 172 Å². The summed E-state index contributed by atoms with van der Waals surface area (Å²) in [7, 11) is 1.16. The molecular weight excluding hydrogens is 372 g/mol. The van der Waals surface area contributed by atoms with Crippen molar-refractivity contribution < 1.29 is 23.9 Å². The molecule has 0 radical (unpaired) electrons. The summed E-state index contributed by atoms with van der Waals surface area (Å²) in [4.78, 5) is 52.1. The fourth-order valence-corrected chi connectivity index (χ4v) is 4.82. The van der Waals surface area contributed by atoms with E-state index in [-0.39, 0.29) is 28.6 Å². The first-order valence-electron chi connectivity index (χ1n) is 10.6. The molecule has 0 aromatic carbocycles. The van der Waals surface area contributed by atoms with Gasteiger partial charge in [0.1, 0.15) is 6.04 Å². The Morgan fingerprint density at radius 1 is 1.17 bits per heavy atom. The molecule has 2 amide bonds. The first-order valence-corrected chi connectivity index (χ1v) is 10.6. The quantitative estimate of drug-likeness (QED) is 0.515. The van der Waals surface area contributed by atoms with Gasteiger partial charge >= 0.3 is 5.97 Å². The molecule has 4 atom stereocenters. The van der Waals surface area contributed by atoms with Crippen LogP contribution in [0.3, 0.4) is 0 Å². The maximum atomic E-state index is 13.3. The molecule has 0 aromatic rings. The van der Waals surface area contributed by atoms with E-state index in [1.54, 1.807) is 4.90 Å². The summed E-state index contributed by atoms with van der Waals surface area (Å²) in [5.74, 6) is -1.28. The highest BCUT2D eigenvalue weighted by Crippen LogP contribution is 2.65. The van der Waals surface area contributed by atoms with Gasteiger partial charge in [-0.05, 0) is 35.0 Å². The average Bonchev–Trinajstić information content (AvgIpc) is 3.45. The van der Waals surface area contributed by atoms with Crippen molar-refractivity contribution in [1.29, 1.82) is 0 Å². The lowest BCUT2D eigenvalue weighted by Crippen LogP contribution is -2.54. The van der Waals surface area contributed by atoms with Gasteiger partial charge in [-0.15, -0.1) is 0 Å². The van der Waals surface area contributed by atoms with E-state index in [4.69, 9.17) is 0 Å². The largest absolute Gasteiger partial charge is 0.463 e. The number of likely N-dealkylation sites (tertiary alicyclic amines) is 1. The molecule has 0 spiro atoms. The lowest BCUT2D eigenvalue weighted by Gasteiger charge is -2.33. The van der Waals surface area contributed by atoms with Crippen molar-refractivity contribution in [3.63, 3.8) is 0 Å². The van der Waals surface area contributed by atoms with Gasteiger partial charge in [0.15, 0.2) is 0 Å². The minimum Gasteiger partial charge on any atom is -0.463 e. The predicted molar refractivity (Wildman–Crippen MR) is 107 cm³/mol. The van der Waals surface area contributed by atoms with Crippen LogP contribution < -0.4 is 5.32 Å². The van der Waals surface area contributed by atoms with Crippen molar-refractivity contribution in [2.45, 2.75) is 72.4 Å². The van der Waals surface area contributed by atoms with E-state index in [2.05, 4.69) is 23.9 Å². The van der Waals surface area contributed by atoms with Crippen LogP contribution in [0.15, 0.2) is 0 Å². The van der Waals surface area contributed by atoms with Crippen LogP contribution >= 0.6 is 0 Å². The van der Waals surface area contributed by atoms with Gasteiger partial charge < -0.3 is 15.0 Å². The summed E-state index contributed by atoms with van der Waals surface area (Å²) in [5.41, 5.74) is -0.172. The molecule has 1 heterocycles. The second kappa shape index (κ2) is 7.40. The number of esters is 1. The number of nitrogens with zero attached hydrogens (tertiary/aromatic N) is 1. The molecule has 0 bridgehead atoms. The monoisotopic (exact) mass is 406 g/mol. The zero-order valence-electron chi connectivity index (χ0n) is 18.4. The molecule has 162 valence electrons.